The smallest absolute Gasteiger partial charge is 0.238 e. The van der Waals surface area contributed by atoms with Gasteiger partial charge in [0.15, 0.2) is 0 Å². The van der Waals surface area contributed by atoms with E-state index in [1.807, 2.05) is 11.8 Å². The molecule has 0 bridgehead atoms. The first-order valence-corrected chi connectivity index (χ1v) is 8.10. The summed E-state index contributed by atoms with van der Waals surface area (Å²) >= 11 is 1.97. The van der Waals surface area contributed by atoms with Crippen LogP contribution in [0.25, 0.3) is 0 Å². The standard InChI is InChI=1S/C15H20N2OS/c1-11-4-6-12(7-5-11)15-16-9-14(18)17(15)13-3-2-8-19-10-13/h4-7,13,15-16H,2-3,8-10H2,1H3. The van der Waals surface area contributed by atoms with Crippen LogP contribution in [0.15, 0.2) is 24.3 Å². The second kappa shape index (κ2) is 5.55. The van der Waals surface area contributed by atoms with Crippen LogP contribution in [0.2, 0.25) is 0 Å². The van der Waals surface area contributed by atoms with E-state index in [0.717, 1.165) is 12.2 Å². The fourth-order valence-corrected chi connectivity index (χ4v) is 4.04. The van der Waals surface area contributed by atoms with Gasteiger partial charge in [-0.25, -0.2) is 0 Å². The molecule has 19 heavy (non-hydrogen) atoms. The summed E-state index contributed by atoms with van der Waals surface area (Å²) in [6.07, 6.45) is 2.43. The molecule has 3 rings (SSSR count). The Bertz CT molecular complexity index is 454. The van der Waals surface area contributed by atoms with Gasteiger partial charge in [0.1, 0.15) is 6.17 Å². The van der Waals surface area contributed by atoms with Gasteiger partial charge in [-0.15, -0.1) is 0 Å². The van der Waals surface area contributed by atoms with Crippen LogP contribution < -0.4 is 5.32 Å². The molecular formula is C15H20N2OS. The number of aryl methyl sites for hydroxylation is 1. The molecule has 1 N–H and O–H groups in total. The van der Waals surface area contributed by atoms with Crippen molar-refractivity contribution in [1.29, 1.82) is 0 Å². The highest BCUT2D eigenvalue weighted by atomic mass is 32.2. The van der Waals surface area contributed by atoms with Gasteiger partial charge in [0.25, 0.3) is 0 Å². The van der Waals surface area contributed by atoms with Crippen molar-refractivity contribution < 1.29 is 4.79 Å². The zero-order valence-corrected chi connectivity index (χ0v) is 12.1. The van der Waals surface area contributed by atoms with Crippen molar-refractivity contribution in [2.75, 3.05) is 18.1 Å². The first kappa shape index (κ1) is 13.0. The molecule has 1 amide bonds. The van der Waals surface area contributed by atoms with Gasteiger partial charge < -0.3 is 4.90 Å². The monoisotopic (exact) mass is 276 g/mol. The molecule has 2 fully saturated rings. The molecule has 0 radical (unpaired) electrons. The van der Waals surface area contributed by atoms with Crippen LogP contribution in [0.5, 0.6) is 0 Å². The summed E-state index contributed by atoms with van der Waals surface area (Å²) in [6.45, 7) is 2.56. The SMILES string of the molecule is Cc1ccc(C2NCC(=O)N2C2CCCSC2)cc1. The number of carbonyl (C=O) groups is 1. The molecule has 2 atom stereocenters. The van der Waals surface area contributed by atoms with Crippen molar-refractivity contribution in [3.63, 3.8) is 0 Å². The van der Waals surface area contributed by atoms with Gasteiger partial charge in [-0.05, 0) is 31.1 Å². The number of nitrogens with zero attached hydrogens (tertiary/aromatic N) is 1. The van der Waals surface area contributed by atoms with E-state index in [1.165, 1.54) is 23.3 Å². The molecule has 2 aliphatic heterocycles. The lowest BCUT2D eigenvalue weighted by molar-refractivity contribution is -0.130. The molecule has 1 aromatic carbocycles. The van der Waals surface area contributed by atoms with Crippen LogP contribution in [0.3, 0.4) is 0 Å². The fourth-order valence-electron chi connectivity index (χ4n) is 2.90. The second-order valence-corrected chi connectivity index (χ2v) is 6.52. The summed E-state index contributed by atoms with van der Waals surface area (Å²) in [5.41, 5.74) is 2.46. The molecule has 2 aliphatic rings. The number of benzene rings is 1. The summed E-state index contributed by atoms with van der Waals surface area (Å²) in [5.74, 6) is 2.56. The van der Waals surface area contributed by atoms with Gasteiger partial charge in [-0.1, -0.05) is 29.8 Å². The van der Waals surface area contributed by atoms with Crippen molar-refractivity contribution in [2.45, 2.75) is 32.0 Å². The van der Waals surface area contributed by atoms with Crippen LogP contribution in [0.1, 0.15) is 30.1 Å². The molecule has 1 aromatic rings. The van der Waals surface area contributed by atoms with Gasteiger partial charge in [-0.3, -0.25) is 10.1 Å². The molecule has 4 heteroatoms. The first-order valence-electron chi connectivity index (χ1n) is 6.94. The Kier molecular flexibility index (Phi) is 3.80. The van der Waals surface area contributed by atoms with Crippen molar-refractivity contribution in [3.8, 4) is 0 Å². The summed E-state index contributed by atoms with van der Waals surface area (Å²) in [4.78, 5) is 14.3. The van der Waals surface area contributed by atoms with Crippen molar-refractivity contribution >= 4 is 17.7 Å². The van der Waals surface area contributed by atoms with E-state index < -0.39 is 0 Å². The van der Waals surface area contributed by atoms with E-state index in [1.54, 1.807) is 0 Å². The Morgan fingerprint density at radius 3 is 2.79 bits per heavy atom. The van der Waals surface area contributed by atoms with E-state index >= 15 is 0 Å². The number of hydrogen-bond acceptors (Lipinski definition) is 3. The van der Waals surface area contributed by atoms with Crippen LogP contribution in [0, 0.1) is 6.92 Å². The molecule has 2 unspecified atom stereocenters. The van der Waals surface area contributed by atoms with E-state index in [2.05, 4.69) is 41.4 Å². The quantitative estimate of drug-likeness (QED) is 0.900. The van der Waals surface area contributed by atoms with E-state index in [9.17, 15) is 4.79 Å². The highest BCUT2D eigenvalue weighted by Gasteiger charge is 2.37. The minimum atomic E-state index is 0.0665. The third-order valence-corrected chi connectivity index (χ3v) is 5.13. The van der Waals surface area contributed by atoms with Gasteiger partial charge in [0.05, 0.1) is 6.54 Å². The summed E-state index contributed by atoms with van der Waals surface area (Å²) in [7, 11) is 0. The lowest BCUT2D eigenvalue weighted by Crippen LogP contribution is -2.42. The second-order valence-electron chi connectivity index (χ2n) is 5.37. The molecule has 102 valence electrons. The minimum absolute atomic E-state index is 0.0665. The van der Waals surface area contributed by atoms with Crippen molar-refractivity contribution in [2.24, 2.45) is 0 Å². The molecule has 2 heterocycles. The molecular weight excluding hydrogens is 256 g/mol. The lowest BCUT2D eigenvalue weighted by Gasteiger charge is -2.35. The third-order valence-electron chi connectivity index (χ3n) is 3.94. The highest BCUT2D eigenvalue weighted by Crippen LogP contribution is 2.30. The van der Waals surface area contributed by atoms with Crippen LogP contribution >= 0.6 is 11.8 Å². The van der Waals surface area contributed by atoms with Crippen molar-refractivity contribution in [3.05, 3.63) is 35.4 Å². The maximum absolute atomic E-state index is 12.2. The first-order chi connectivity index (χ1) is 9.25. The van der Waals surface area contributed by atoms with Gasteiger partial charge in [-0.2, -0.15) is 11.8 Å². The maximum Gasteiger partial charge on any atom is 0.238 e. The Balaban J connectivity index is 1.83. The largest absolute Gasteiger partial charge is 0.318 e. The maximum atomic E-state index is 12.2. The molecule has 3 nitrogen and oxygen atoms in total. The third kappa shape index (κ3) is 2.65. The van der Waals surface area contributed by atoms with E-state index in [-0.39, 0.29) is 12.1 Å². The topological polar surface area (TPSA) is 32.3 Å². The molecule has 0 saturated carbocycles. The minimum Gasteiger partial charge on any atom is -0.318 e. The molecule has 0 aliphatic carbocycles. The number of carbonyl (C=O) groups excluding carboxylic acids is 1. The Morgan fingerprint density at radius 2 is 2.11 bits per heavy atom. The zero-order chi connectivity index (χ0) is 13.2. The van der Waals surface area contributed by atoms with Crippen LogP contribution in [-0.4, -0.2) is 34.9 Å². The lowest BCUT2D eigenvalue weighted by atomic mass is 10.1. The number of nitrogens with one attached hydrogen (secondary N) is 1. The Hall–Kier alpha value is -1.00. The highest BCUT2D eigenvalue weighted by molar-refractivity contribution is 7.99. The molecule has 0 aromatic heterocycles. The van der Waals surface area contributed by atoms with Crippen LogP contribution in [0.4, 0.5) is 0 Å². The van der Waals surface area contributed by atoms with Gasteiger partial charge >= 0.3 is 0 Å². The summed E-state index contributed by atoms with van der Waals surface area (Å²) < 4.78 is 0. The zero-order valence-electron chi connectivity index (χ0n) is 11.3. The fraction of sp³-hybridized carbons (Fsp3) is 0.533. The average molecular weight is 276 g/mol. The van der Waals surface area contributed by atoms with Crippen LogP contribution in [-0.2, 0) is 4.79 Å². The van der Waals surface area contributed by atoms with E-state index in [4.69, 9.17) is 0 Å². The summed E-state index contributed by atoms with van der Waals surface area (Å²) in [5, 5.41) is 3.36. The Labute approximate surface area is 118 Å². The average Bonchev–Trinajstić information content (AvgIpc) is 2.82. The summed E-state index contributed by atoms with van der Waals surface area (Å²) in [6, 6.07) is 8.90. The predicted molar refractivity (Wildman–Crippen MR) is 79.1 cm³/mol. The molecule has 2 saturated heterocycles. The number of amides is 1. The number of rotatable bonds is 2. The van der Waals surface area contributed by atoms with E-state index in [0.29, 0.717) is 12.6 Å². The number of hydrogen-bond donors (Lipinski definition) is 1. The Morgan fingerprint density at radius 1 is 1.32 bits per heavy atom. The normalized spacial score (nSPS) is 27.8. The molecule has 0 spiro atoms. The van der Waals surface area contributed by atoms with Gasteiger partial charge in [0.2, 0.25) is 5.91 Å². The van der Waals surface area contributed by atoms with Gasteiger partial charge in [0, 0.05) is 11.8 Å². The predicted octanol–water partition coefficient (Wildman–Crippen LogP) is 2.32. The number of thioether (sulfide) groups is 1. The van der Waals surface area contributed by atoms with Crippen molar-refractivity contribution in [1.82, 2.24) is 10.2 Å².